The highest BCUT2D eigenvalue weighted by Crippen LogP contribution is 2.73. The summed E-state index contributed by atoms with van der Waals surface area (Å²) in [7, 11) is 0. The van der Waals surface area contributed by atoms with Crippen molar-refractivity contribution in [3.05, 3.63) is 10.2 Å². The molecule has 3 rings (SSSR count). The van der Waals surface area contributed by atoms with Crippen LogP contribution in [-0.4, -0.2) is 21.0 Å². The Bertz CT molecular complexity index is 533. The first-order valence-corrected chi connectivity index (χ1v) is 7.96. The van der Waals surface area contributed by atoms with E-state index < -0.39 is 11.5 Å². The van der Waals surface area contributed by atoms with Crippen LogP contribution >= 0.6 is 35.0 Å². The molecule has 1 N–H and O–H groups in total. The van der Waals surface area contributed by atoms with Crippen molar-refractivity contribution in [3.63, 3.8) is 0 Å². The lowest BCUT2D eigenvalue weighted by atomic mass is 9.59. The van der Waals surface area contributed by atoms with Gasteiger partial charge in [-0.05, 0) is 36.0 Å². The lowest BCUT2D eigenvalue weighted by Crippen LogP contribution is -2.65. The van der Waals surface area contributed by atoms with Crippen LogP contribution in [0.3, 0.4) is 0 Å². The number of carbonyl (C=O) groups is 1. The van der Waals surface area contributed by atoms with Crippen molar-refractivity contribution in [2.24, 2.45) is 22.7 Å². The third kappa shape index (κ3) is 1.29. The van der Waals surface area contributed by atoms with Crippen LogP contribution in [0, 0.1) is 22.7 Å². The van der Waals surface area contributed by atoms with Crippen molar-refractivity contribution in [3.8, 4) is 0 Å². The Morgan fingerprint density at radius 2 is 1.95 bits per heavy atom. The summed E-state index contributed by atoms with van der Waals surface area (Å²) in [4.78, 5) is 12.0. The highest BCUT2D eigenvalue weighted by Gasteiger charge is 2.73. The van der Waals surface area contributed by atoms with E-state index in [2.05, 4.69) is 20.8 Å². The smallest absolute Gasteiger partial charge is 0.337 e. The van der Waals surface area contributed by atoms with Gasteiger partial charge in [-0.3, -0.25) is 4.42 Å². The number of halogens is 3. The van der Waals surface area contributed by atoms with Crippen LogP contribution in [0.4, 0.5) is 0 Å². The number of hydrogen-bond acceptors (Lipinski definition) is 2. The Labute approximate surface area is 134 Å². The Hall–Kier alpha value is -0.120. The van der Waals surface area contributed by atoms with Gasteiger partial charge in [-0.15, -0.1) is 0 Å². The highest BCUT2D eigenvalue weighted by atomic mass is 35.5. The van der Waals surface area contributed by atoms with Crippen LogP contribution in [0.25, 0.3) is 0 Å². The lowest BCUT2D eigenvalue weighted by molar-refractivity contribution is -0.153. The van der Waals surface area contributed by atoms with Gasteiger partial charge in [0.1, 0.15) is 5.16 Å². The summed E-state index contributed by atoms with van der Waals surface area (Å²) in [6, 6.07) is 0. The molecule has 1 heterocycles. The van der Waals surface area contributed by atoms with E-state index in [-0.39, 0.29) is 26.9 Å². The predicted octanol–water partition coefficient (Wildman–Crippen LogP) is 4.39. The van der Waals surface area contributed by atoms with Gasteiger partial charge in [-0.25, -0.2) is 4.79 Å². The molecule has 2 saturated carbocycles. The molecule has 6 heteroatoms. The molecule has 0 spiro atoms. The number of rotatable bonds is 2. The second-order valence-corrected chi connectivity index (χ2v) is 8.19. The van der Waals surface area contributed by atoms with Gasteiger partial charge in [-0.1, -0.05) is 44.0 Å². The van der Waals surface area contributed by atoms with Crippen molar-refractivity contribution in [2.45, 2.75) is 45.6 Å². The number of aliphatic carboxylic acids is 1. The first kappa shape index (κ1) is 14.8. The molecule has 3 nitrogen and oxygen atoms in total. The molecule has 0 aromatic rings. The van der Waals surface area contributed by atoms with Gasteiger partial charge in [0.15, 0.2) is 5.54 Å². The standard InChI is InChI=1S/C14H18Cl3NO2/c1-12(2)7-4-5-13(12,3)8(6-7)14(11(19)20)9(15)10(16)18(14)17/h7-8H,4-6H2,1-3H3,(H,19,20). The van der Waals surface area contributed by atoms with Gasteiger partial charge in [-0.2, -0.15) is 0 Å². The maximum absolute atomic E-state index is 12.0. The van der Waals surface area contributed by atoms with E-state index in [0.29, 0.717) is 5.92 Å². The Kier molecular flexibility index (Phi) is 2.96. The number of hydrogen-bond donors (Lipinski definition) is 1. The molecular formula is C14H18Cl3NO2. The Morgan fingerprint density at radius 1 is 1.35 bits per heavy atom. The van der Waals surface area contributed by atoms with Gasteiger partial charge in [0.25, 0.3) is 0 Å². The van der Waals surface area contributed by atoms with E-state index >= 15 is 0 Å². The fourth-order valence-corrected chi connectivity index (χ4v) is 5.99. The van der Waals surface area contributed by atoms with Crippen molar-refractivity contribution < 1.29 is 9.90 Å². The van der Waals surface area contributed by atoms with Crippen LogP contribution in [0.2, 0.25) is 0 Å². The molecule has 112 valence electrons. The van der Waals surface area contributed by atoms with Crippen molar-refractivity contribution in [2.75, 3.05) is 0 Å². The zero-order chi connectivity index (χ0) is 15.1. The third-order valence-electron chi connectivity index (χ3n) is 6.62. The van der Waals surface area contributed by atoms with Crippen molar-refractivity contribution in [1.82, 2.24) is 4.42 Å². The maximum Gasteiger partial charge on any atom is 0.337 e. The van der Waals surface area contributed by atoms with E-state index in [1.165, 1.54) is 0 Å². The Morgan fingerprint density at radius 3 is 2.30 bits per heavy atom. The SMILES string of the molecule is CC1(C)C2CCC1(C)C(C1(C(=O)O)C(Cl)=C(Cl)N1Cl)C2. The molecule has 4 atom stereocenters. The molecule has 0 aromatic carbocycles. The zero-order valence-electron chi connectivity index (χ0n) is 11.7. The van der Waals surface area contributed by atoms with E-state index in [9.17, 15) is 9.90 Å². The number of carboxylic acid groups (broad SMARTS) is 1. The fraction of sp³-hybridized carbons (Fsp3) is 0.786. The first-order valence-electron chi connectivity index (χ1n) is 6.87. The predicted molar refractivity (Wildman–Crippen MR) is 79.5 cm³/mol. The lowest BCUT2D eigenvalue weighted by Gasteiger charge is -2.54. The first-order chi connectivity index (χ1) is 9.11. The van der Waals surface area contributed by atoms with Crippen molar-refractivity contribution >= 4 is 40.9 Å². The van der Waals surface area contributed by atoms with Gasteiger partial charge < -0.3 is 5.11 Å². The molecule has 0 aromatic heterocycles. The highest BCUT2D eigenvalue weighted by molar-refractivity contribution is 6.46. The minimum absolute atomic E-state index is 0.0943. The summed E-state index contributed by atoms with van der Waals surface area (Å²) in [5, 5.41) is 10.1. The molecule has 0 saturated heterocycles. The summed E-state index contributed by atoms with van der Waals surface area (Å²) >= 11 is 18.3. The molecule has 2 bridgehead atoms. The summed E-state index contributed by atoms with van der Waals surface area (Å²) < 4.78 is 1.13. The summed E-state index contributed by atoms with van der Waals surface area (Å²) in [5.74, 6) is -0.604. The summed E-state index contributed by atoms with van der Waals surface area (Å²) in [5.41, 5.74) is -1.36. The fourth-order valence-electron chi connectivity index (χ4n) is 4.88. The minimum Gasteiger partial charge on any atom is -0.479 e. The molecule has 1 aliphatic heterocycles. The number of nitrogens with zero attached hydrogens (tertiary/aromatic N) is 1. The topological polar surface area (TPSA) is 40.5 Å². The second kappa shape index (κ2) is 3.99. The molecule has 3 aliphatic rings. The summed E-state index contributed by atoms with van der Waals surface area (Å²) in [6.45, 7) is 6.64. The van der Waals surface area contributed by atoms with Crippen LogP contribution in [-0.2, 0) is 4.79 Å². The zero-order valence-corrected chi connectivity index (χ0v) is 14.0. The molecular weight excluding hydrogens is 321 g/mol. The monoisotopic (exact) mass is 337 g/mol. The van der Waals surface area contributed by atoms with E-state index in [1.54, 1.807) is 0 Å². The average molecular weight is 339 g/mol. The largest absolute Gasteiger partial charge is 0.479 e. The van der Waals surface area contributed by atoms with E-state index in [4.69, 9.17) is 35.0 Å². The average Bonchev–Trinajstić information content (AvgIpc) is 2.71. The molecule has 0 radical (unpaired) electrons. The van der Waals surface area contributed by atoms with Crippen molar-refractivity contribution in [1.29, 1.82) is 0 Å². The van der Waals surface area contributed by atoms with Crippen LogP contribution in [0.1, 0.15) is 40.0 Å². The van der Waals surface area contributed by atoms with Gasteiger partial charge in [0.05, 0.1) is 5.03 Å². The second-order valence-electron chi connectivity index (χ2n) is 7.12. The molecule has 2 aliphatic carbocycles. The summed E-state index contributed by atoms with van der Waals surface area (Å²) in [6.07, 6.45) is 2.99. The van der Waals surface area contributed by atoms with E-state index in [1.807, 2.05) is 0 Å². The third-order valence-corrected chi connectivity index (χ3v) is 8.07. The van der Waals surface area contributed by atoms with E-state index in [0.717, 1.165) is 23.7 Å². The minimum atomic E-state index is -1.36. The molecule has 0 amide bonds. The van der Waals surface area contributed by atoms with Gasteiger partial charge in [0, 0.05) is 17.7 Å². The van der Waals surface area contributed by atoms with Crippen LogP contribution in [0.15, 0.2) is 10.2 Å². The van der Waals surface area contributed by atoms with Gasteiger partial charge >= 0.3 is 5.97 Å². The Balaban J connectivity index is 2.12. The molecule has 2 fully saturated rings. The molecule has 20 heavy (non-hydrogen) atoms. The normalized spacial score (nSPS) is 45.8. The molecule has 4 unspecified atom stereocenters. The van der Waals surface area contributed by atoms with Crippen LogP contribution < -0.4 is 0 Å². The number of carboxylic acids is 1. The maximum atomic E-state index is 12.0. The number of fused-ring (bicyclic) bond motifs is 2. The van der Waals surface area contributed by atoms with Crippen LogP contribution in [0.5, 0.6) is 0 Å². The van der Waals surface area contributed by atoms with Gasteiger partial charge in [0.2, 0.25) is 0 Å². The quantitative estimate of drug-likeness (QED) is 0.599.